The van der Waals surface area contributed by atoms with Gasteiger partial charge in [-0.25, -0.2) is 0 Å². The third-order valence-electron chi connectivity index (χ3n) is 4.20. The summed E-state index contributed by atoms with van der Waals surface area (Å²) in [6, 6.07) is 2.07. The van der Waals surface area contributed by atoms with Gasteiger partial charge in [0, 0.05) is 0 Å². The second kappa shape index (κ2) is 8.76. The molecule has 0 radical (unpaired) electrons. The highest BCUT2D eigenvalue weighted by Crippen LogP contribution is 2.34. The van der Waals surface area contributed by atoms with E-state index in [1.54, 1.807) is 0 Å². The van der Waals surface area contributed by atoms with E-state index in [4.69, 9.17) is 0 Å². The highest BCUT2D eigenvalue weighted by molar-refractivity contribution is 5.50. The first-order valence-electron chi connectivity index (χ1n) is 9.47. The highest BCUT2D eigenvalue weighted by atomic mass is 16.3. The van der Waals surface area contributed by atoms with Gasteiger partial charge in [-0.3, -0.25) is 0 Å². The average molecular weight is 319 g/mol. The fourth-order valence-corrected chi connectivity index (χ4v) is 3.44. The Labute approximate surface area is 144 Å². The van der Waals surface area contributed by atoms with Crippen LogP contribution in [0.3, 0.4) is 0 Å². The van der Waals surface area contributed by atoms with Gasteiger partial charge in [0.15, 0.2) is 0 Å². The molecule has 0 atom stereocenters. The molecule has 1 N–H and O–H groups in total. The van der Waals surface area contributed by atoms with E-state index < -0.39 is 0 Å². The van der Waals surface area contributed by atoms with Crippen LogP contribution in [0.5, 0.6) is 5.75 Å². The first kappa shape index (κ1) is 20.1. The molecule has 0 aliphatic carbocycles. The van der Waals surface area contributed by atoms with Crippen LogP contribution in [-0.4, -0.2) is 5.11 Å². The van der Waals surface area contributed by atoms with Crippen molar-refractivity contribution in [2.75, 3.05) is 0 Å². The molecule has 1 aromatic carbocycles. The lowest BCUT2D eigenvalue weighted by atomic mass is 9.81. The molecule has 0 unspecified atom stereocenters. The van der Waals surface area contributed by atoms with Crippen LogP contribution < -0.4 is 0 Å². The van der Waals surface area contributed by atoms with E-state index >= 15 is 0 Å². The lowest BCUT2D eigenvalue weighted by molar-refractivity contribution is 0.456. The van der Waals surface area contributed by atoms with E-state index in [9.17, 15) is 5.11 Å². The average Bonchev–Trinajstić information content (AvgIpc) is 2.36. The van der Waals surface area contributed by atoms with Gasteiger partial charge in [0.05, 0.1) is 0 Å². The van der Waals surface area contributed by atoms with Gasteiger partial charge in [-0.15, -0.1) is 0 Å². The van der Waals surface area contributed by atoms with Crippen molar-refractivity contribution in [1.29, 1.82) is 0 Å². The number of hydrogen-bond donors (Lipinski definition) is 1. The Morgan fingerprint density at radius 3 is 1.43 bits per heavy atom. The Bertz CT molecular complexity index is 495. The molecule has 0 amide bonds. The second-order valence-corrected chi connectivity index (χ2v) is 8.88. The van der Waals surface area contributed by atoms with Crippen LogP contribution in [0.25, 0.3) is 0 Å². The molecule has 0 bridgehead atoms. The quantitative estimate of drug-likeness (QED) is 0.606. The van der Waals surface area contributed by atoms with Crippen molar-refractivity contribution >= 4 is 0 Å². The molecule has 1 aromatic rings. The summed E-state index contributed by atoms with van der Waals surface area (Å²) < 4.78 is 0. The standard InChI is InChI=1S/C22H38O/c1-14(2)9-18-13-22(23)21(12-17(7)8)20(11-16(5)6)19(18)10-15(3)4/h13-17,23H,9-12H2,1-8H3. The molecule has 0 saturated carbocycles. The minimum absolute atomic E-state index is 0.525. The largest absolute Gasteiger partial charge is 0.508 e. The molecule has 132 valence electrons. The summed E-state index contributed by atoms with van der Waals surface area (Å²) in [6.07, 6.45) is 4.22. The molecule has 1 heteroatoms. The van der Waals surface area contributed by atoms with Crippen molar-refractivity contribution in [3.8, 4) is 5.75 Å². The van der Waals surface area contributed by atoms with Crippen molar-refractivity contribution in [2.24, 2.45) is 23.7 Å². The maximum absolute atomic E-state index is 10.7. The zero-order valence-electron chi connectivity index (χ0n) is 16.7. The summed E-state index contributed by atoms with van der Waals surface area (Å²) in [7, 11) is 0. The molecule has 0 aliphatic heterocycles. The molecule has 0 fully saturated rings. The Kier molecular flexibility index (Phi) is 7.64. The number of benzene rings is 1. The topological polar surface area (TPSA) is 20.2 Å². The highest BCUT2D eigenvalue weighted by Gasteiger charge is 2.20. The van der Waals surface area contributed by atoms with Gasteiger partial charge in [0.25, 0.3) is 0 Å². The summed E-state index contributed by atoms with van der Waals surface area (Å²) in [5.41, 5.74) is 5.54. The first-order valence-corrected chi connectivity index (χ1v) is 9.47. The summed E-state index contributed by atoms with van der Waals surface area (Å²) in [4.78, 5) is 0. The Hall–Kier alpha value is -0.980. The van der Waals surface area contributed by atoms with Crippen molar-refractivity contribution in [3.63, 3.8) is 0 Å². The SMILES string of the molecule is CC(C)Cc1cc(O)c(CC(C)C)c(CC(C)C)c1CC(C)C. The summed E-state index contributed by atoms with van der Waals surface area (Å²) in [5.74, 6) is 2.96. The van der Waals surface area contributed by atoms with Crippen LogP contribution in [0.15, 0.2) is 6.07 Å². The number of hydrogen-bond acceptors (Lipinski definition) is 1. The maximum atomic E-state index is 10.7. The Morgan fingerprint density at radius 1 is 0.609 bits per heavy atom. The van der Waals surface area contributed by atoms with Gasteiger partial charge < -0.3 is 5.11 Å². The predicted molar refractivity (Wildman–Crippen MR) is 102 cm³/mol. The molecule has 1 rings (SSSR count). The molecule has 1 nitrogen and oxygen atoms in total. The maximum Gasteiger partial charge on any atom is 0.119 e. The lowest BCUT2D eigenvalue weighted by Gasteiger charge is -2.24. The van der Waals surface area contributed by atoms with E-state index in [1.165, 1.54) is 22.3 Å². The van der Waals surface area contributed by atoms with E-state index in [0.29, 0.717) is 29.4 Å². The fourth-order valence-electron chi connectivity index (χ4n) is 3.44. The Balaban J connectivity index is 3.52. The normalized spacial score (nSPS) is 12.2. The molecule has 0 aliphatic rings. The van der Waals surface area contributed by atoms with Crippen LogP contribution >= 0.6 is 0 Å². The number of phenols is 1. The summed E-state index contributed by atoms with van der Waals surface area (Å²) in [5, 5.41) is 10.7. The second-order valence-electron chi connectivity index (χ2n) is 8.88. The molecule has 0 heterocycles. The van der Waals surface area contributed by atoms with E-state index in [1.807, 2.05) is 0 Å². The third kappa shape index (κ3) is 6.20. The monoisotopic (exact) mass is 318 g/mol. The van der Waals surface area contributed by atoms with Crippen molar-refractivity contribution < 1.29 is 5.11 Å². The van der Waals surface area contributed by atoms with Crippen LogP contribution in [-0.2, 0) is 25.7 Å². The van der Waals surface area contributed by atoms with Crippen molar-refractivity contribution in [2.45, 2.75) is 81.1 Å². The number of rotatable bonds is 8. The van der Waals surface area contributed by atoms with Crippen LogP contribution in [0.1, 0.15) is 77.6 Å². The van der Waals surface area contributed by atoms with Gasteiger partial charge in [0.1, 0.15) is 5.75 Å². The first-order chi connectivity index (χ1) is 10.6. The van der Waals surface area contributed by atoms with E-state index in [2.05, 4.69) is 61.5 Å². The predicted octanol–water partition coefficient (Wildman–Crippen LogP) is 6.19. The van der Waals surface area contributed by atoms with Crippen LogP contribution in [0, 0.1) is 23.7 Å². The smallest absolute Gasteiger partial charge is 0.119 e. The number of phenolic OH excluding ortho intramolecular Hbond substituents is 1. The fraction of sp³-hybridized carbons (Fsp3) is 0.727. The van der Waals surface area contributed by atoms with Gasteiger partial charge >= 0.3 is 0 Å². The van der Waals surface area contributed by atoms with Crippen LogP contribution in [0.2, 0.25) is 0 Å². The third-order valence-corrected chi connectivity index (χ3v) is 4.20. The zero-order valence-corrected chi connectivity index (χ0v) is 16.7. The molecular weight excluding hydrogens is 280 g/mol. The summed E-state index contributed by atoms with van der Waals surface area (Å²) in [6.45, 7) is 18.2. The molecule has 23 heavy (non-hydrogen) atoms. The van der Waals surface area contributed by atoms with Gasteiger partial charge in [-0.2, -0.15) is 0 Å². The van der Waals surface area contributed by atoms with E-state index in [0.717, 1.165) is 25.7 Å². The molecular formula is C22H38O. The van der Waals surface area contributed by atoms with Gasteiger partial charge in [-0.05, 0) is 77.7 Å². The lowest BCUT2D eigenvalue weighted by Crippen LogP contribution is -2.13. The Morgan fingerprint density at radius 2 is 1.00 bits per heavy atom. The molecule has 0 saturated heterocycles. The minimum Gasteiger partial charge on any atom is -0.508 e. The van der Waals surface area contributed by atoms with Gasteiger partial charge in [-0.1, -0.05) is 55.4 Å². The summed E-state index contributed by atoms with van der Waals surface area (Å²) >= 11 is 0. The van der Waals surface area contributed by atoms with Gasteiger partial charge in [0.2, 0.25) is 0 Å². The van der Waals surface area contributed by atoms with Crippen LogP contribution in [0.4, 0.5) is 0 Å². The number of aromatic hydroxyl groups is 1. The van der Waals surface area contributed by atoms with Crippen molar-refractivity contribution in [3.05, 3.63) is 28.3 Å². The van der Waals surface area contributed by atoms with Crippen molar-refractivity contribution in [1.82, 2.24) is 0 Å². The van der Waals surface area contributed by atoms with E-state index in [-0.39, 0.29) is 0 Å². The molecule has 0 spiro atoms. The molecule has 0 aromatic heterocycles. The zero-order chi connectivity index (χ0) is 17.7. The minimum atomic E-state index is 0.525.